The van der Waals surface area contributed by atoms with Crippen LogP contribution < -0.4 is 10.6 Å². The average Bonchev–Trinajstić information content (AvgIpc) is 2.44. The number of carbonyl (C=O) groups excluding carboxylic acids is 1. The van der Waals surface area contributed by atoms with Crippen molar-refractivity contribution < 1.29 is 19.4 Å². The molecule has 0 aromatic heterocycles. The fourth-order valence-corrected chi connectivity index (χ4v) is 1.58. The normalized spacial score (nSPS) is 10.2. The van der Waals surface area contributed by atoms with Crippen LogP contribution in [0.25, 0.3) is 0 Å². The van der Waals surface area contributed by atoms with Gasteiger partial charge in [-0.3, -0.25) is 4.79 Å². The van der Waals surface area contributed by atoms with Gasteiger partial charge in [0.25, 0.3) is 0 Å². The zero-order valence-corrected chi connectivity index (χ0v) is 11.5. The summed E-state index contributed by atoms with van der Waals surface area (Å²) in [6, 6.07) is 6.65. The van der Waals surface area contributed by atoms with Gasteiger partial charge in [0.2, 0.25) is 5.91 Å². The number of aromatic carboxylic acids is 1. The van der Waals surface area contributed by atoms with E-state index in [2.05, 4.69) is 10.6 Å². The van der Waals surface area contributed by atoms with Gasteiger partial charge in [0.15, 0.2) is 0 Å². The molecule has 110 valence electrons. The van der Waals surface area contributed by atoms with Gasteiger partial charge in [-0.15, -0.1) is 0 Å². The fraction of sp³-hybridized carbons (Fsp3) is 0.429. The van der Waals surface area contributed by atoms with E-state index in [-0.39, 0.29) is 11.5 Å². The SMILES string of the molecule is COCCNC(=O)CCNCc1ccc(C(=O)O)cc1. The van der Waals surface area contributed by atoms with Crippen molar-refractivity contribution in [3.05, 3.63) is 35.4 Å². The van der Waals surface area contributed by atoms with Crippen molar-refractivity contribution >= 4 is 11.9 Å². The lowest BCUT2D eigenvalue weighted by Crippen LogP contribution is -2.29. The molecular weight excluding hydrogens is 260 g/mol. The quantitative estimate of drug-likeness (QED) is 0.577. The monoisotopic (exact) mass is 280 g/mol. The number of amides is 1. The maximum absolute atomic E-state index is 11.4. The Hall–Kier alpha value is -1.92. The molecule has 1 amide bonds. The number of hydrogen-bond donors (Lipinski definition) is 3. The third-order valence-electron chi connectivity index (χ3n) is 2.69. The minimum Gasteiger partial charge on any atom is -0.478 e. The van der Waals surface area contributed by atoms with Gasteiger partial charge in [0.05, 0.1) is 12.2 Å². The minimum absolute atomic E-state index is 0.0178. The molecule has 6 nitrogen and oxygen atoms in total. The van der Waals surface area contributed by atoms with Crippen molar-refractivity contribution in [3.8, 4) is 0 Å². The molecule has 3 N–H and O–H groups in total. The molecule has 1 rings (SSSR count). The van der Waals surface area contributed by atoms with Gasteiger partial charge in [0.1, 0.15) is 0 Å². The summed E-state index contributed by atoms with van der Waals surface area (Å²) < 4.78 is 4.83. The van der Waals surface area contributed by atoms with Crippen LogP contribution in [0.2, 0.25) is 0 Å². The van der Waals surface area contributed by atoms with Gasteiger partial charge in [-0.25, -0.2) is 4.79 Å². The van der Waals surface area contributed by atoms with Gasteiger partial charge < -0.3 is 20.5 Å². The highest BCUT2D eigenvalue weighted by atomic mass is 16.5. The van der Waals surface area contributed by atoms with Crippen molar-refractivity contribution in [1.82, 2.24) is 10.6 Å². The maximum Gasteiger partial charge on any atom is 0.335 e. The van der Waals surface area contributed by atoms with E-state index in [9.17, 15) is 9.59 Å². The van der Waals surface area contributed by atoms with E-state index < -0.39 is 5.97 Å². The third kappa shape index (κ3) is 6.31. The number of carbonyl (C=O) groups is 2. The lowest BCUT2D eigenvalue weighted by Gasteiger charge is -2.06. The van der Waals surface area contributed by atoms with Gasteiger partial charge in [0, 0.05) is 33.2 Å². The van der Waals surface area contributed by atoms with E-state index in [1.807, 2.05) is 0 Å². The highest BCUT2D eigenvalue weighted by Crippen LogP contribution is 2.04. The summed E-state index contributed by atoms with van der Waals surface area (Å²) in [7, 11) is 1.59. The van der Waals surface area contributed by atoms with Crippen LogP contribution in [0.4, 0.5) is 0 Å². The largest absolute Gasteiger partial charge is 0.478 e. The molecule has 0 aliphatic carbocycles. The molecule has 0 spiro atoms. The molecule has 0 bridgehead atoms. The van der Waals surface area contributed by atoms with E-state index in [0.717, 1.165) is 5.56 Å². The average molecular weight is 280 g/mol. The molecule has 6 heteroatoms. The Morgan fingerprint density at radius 3 is 2.50 bits per heavy atom. The van der Waals surface area contributed by atoms with Crippen molar-refractivity contribution in [2.75, 3.05) is 26.8 Å². The first-order valence-electron chi connectivity index (χ1n) is 6.42. The first-order chi connectivity index (χ1) is 9.63. The minimum atomic E-state index is -0.933. The molecule has 20 heavy (non-hydrogen) atoms. The van der Waals surface area contributed by atoms with E-state index in [0.29, 0.717) is 32.7 Å². The Morgan fingerprint density at radius 2 is 1.90 bits per heavy atom. The van der Waals surface area contributed by atoms with Crippen LogP contribution in [0.5, 0.6) is 0 Å². The third-order valence-corrected chi connectivity index (χ3v) is 2.69. The molecule has 0 unspecified atom stereocenters. The Bertz CT molecular complexity index is 431. The number of carboxylic acid groups (broad SMARTS) is 1. The number of ether oxygens (including phenoxy) is 1. The predicted molar refractivity (Wildman–Crippen MR) is 74.6 cm³/mol. The topological polar surface area (TPSA) is 87.7 Å². The summed E-state index contributed by atoms with van der Waals surface area (Å²) in [5.74, 6) is -0.951. The standard InChI is InChI=1S/C14H20N2O4/c1-20-9-8-16-13(17)6-7-15-10-11-2-4-12(5-3-11)14(18)19/h2-5,15H,6-10H2,1H3,(H,16,17)(H,18,19). The molecule has 1 aromatic carbocycles. The van der Waals surface area contributed by atoms with Crippen LogP contribution in [0.1, 0.15) is 22.3 Å². The molecule has 0 saturated heterocycles. The first-order valence-corrected chi connectivity index (χ1v) is 6.42. The van der Waals surface area contributed by atoms with Gasteiger partial charge >= 0.3 is 5.97 Å². The molecule has 1 aromatic rings. The fourth-order valence-electron chi connectivity index (χ4n) is 1.58. The van der Waals surface area contributed by atoms with Gasteiger partial charge in [-0.2, -0.15) is 0 Å². The molecular formula is C14H20N2O4. The second-order valence-corrected chi connectivity index (χ2v) is 4.27. The van der Waals surface area contributed by atoms with E-state index >= 15 is 0 Å². The Morgan fingerprint density at radius 1 is 1.20 bits per heavy atom. The summed E-state index contributed by atoms with van der Waals surface area (Å²) in [5, 5.41) is 14.6. The lowest BCUT2D eigenvalue weighted by atomic mass is 10.1. The second-order valence-electron chi connectivity index (χ2n) is 4.27. The molecule has 0 radical (unpaired) electrons. The van der Waals surface area contributed by atoms with Gasteiger partial charge in [-0.1, -0.05) is 12.1 Å². The molecule has 0 heterocycles. The lowest BCUT2D eigenvalue weighted by molar-refractivity contribution is -0.121. The molecule has 0 fully saturated rings. The van der Waals surface area contributed by atoms with Crippen LogP contribution in [0.3, 0.4) is 0 Å². The van der Waals surface area contributed by atoms with Crippen LogP contribution in [-0.4, -0.2) is 43.8 Å². The second kappa shape index (κ2) is 9.06. The summed E-state index contributed by atoms with van der Waals surface area (Å²) in [6.07, 6.45) is 0.400. The Kier molecular flexibility index (Phi) is 7.31. The van der Waals surface area contributed by atoms with Crippen LogP contribution in [0, 0.1) is 0 Å². The molecule has 0 aliphatic rings. The first kappa shape index (κ1) is 16.1. The van der Waals surface area contributed by atoms with Crippen LogP contribution in [0.15, 0.2) is 24.3 Å². The van der Waals surface area contributed by atoms with Crippen LogP contribution in [-0.2, 0) is 16.1 Å². The number of carboxylic acids is 1. The number of benzene rings is 1. The number of methoxy groups -OCH3 is 1. The van der Waals surface area contributed by atoms with Crippen molar-refractivity contribution in [3.63, 3.8) is 0 Å². The Balaban J connectivity index is 2.17. The number of nitrogens with one attached hydrogen (secondary N) is 2. The van der Waals surface area contributed by atoms with Crippen LogP contribution >= 0.6 is 0 Å². The molecule has 0 saturated carbocycles. The van der Waals surface area contributed by atoms with E-state index in [4.69, 9.17) is 9.84 Å². The summed E-state index contributed by atoms with van der Waals surface area (Å²) >= 11 is 0. The predicted octanol–water partition coefficient (Wildman–Crippen LogP) is 0.627. The summed E-state index contributed by atoms with van der Waals surface area (Å²) in [5.41, 5.74) is 1.25. The molecule has 0 aliphatic heterocycles. The maximum atomic E-state index is 11.4. The van der Waals surface area contributed by atoms with Gasteiger partial charge in [-0.05, 0) is 17.7 Å². The molecule has 0 atom stereocenters. The van der Waals surface area contributed by atoms with Crippen molar-refractivity contribution in [2.24, 2.45) is 0 Å². The van der Waals surface area contributed by atoms with E-state index in [1.54, 1.807) is 31.4 Å². The Labute approximate surface area is 118 Å². The number of rotatable bonds is 9. The smallest absolute Gasteiger partial charge is 0.335 e. The van der Waals surface area contributed by atoms with Crippen molar-refractivity contribution in [1.29, 1.82) is 0 Å². The number of hydrogen-bond acceptors (Lipinski definition) is 4. The zero-order valence-electron chi connectivity index (χ0n) is 11.5. The summed E-state index contributed by atoms with van der Waals surface area (Å²) in [6.45, 7) is 2.20. The highest BCUT2D eigenvalue weighted by molar-refractivity contribution is 5.87. The zero-order chi connectivity index (χ0) is 14.8. The highest BCUT2D eigenvalue weighted by Gasteiger charge is 2.02. The van der Waals surface area contributed by atoms with Crippen molar-refractivity contribution in [2.45, 2.75) is 13.0 Å². The summed E-state index contributed by atoms with van der Waals surface area (Å²) in [4.78, 5) is 22.1. The van der Waals surface area contributed by atoms with E-state index in [1.165, 1.54) is 0 Å².